The molecule has 0 radical (unpaired) electrons. The molecule has 0 aliphatic rings. The van der Waals surface area contributed by atoms with Crippen LogP contribution in [0.5, 0.6) is 0 Å². The third kappa shape index (κ3) is 3.21. The van der Waals surface area contributed by atoms with E-state index in [0.717, 1.165) is 24.8 Å². The number of fused-ring (bicyclic) bond motifs is 1. The van der Waals surface area contributed by atoms with Gasteiger partial charge < -0.3 is 9.67 Å². The maximum absolute atomic E-state index is 12.9. The van der Waals surface area contributed by atoms with E-state index in [2.05, 4.69) is 11.6 Å². The predicted octanol–water partition coefficient (Wildman–Crippen LogP) is 1.64. The van der Waals surface area contributed by atoms with Crippen LogP contribution in [0, 0.1) is 0 Å². The highest BCUT2D eigenvalue weighted by Crippen LogP contribution is 2.13. The zero-order valence-corrected chi connectivity index (χ0v) is 14.7. The van der Waals surface area contributed by atoms with Crippen LogP contribution in [0.2, 0.25) is 0 Å². The van der Waals surface area contributed by atoms with E-state index in [-0.39, 0.29) is 24.4 Å². The number of aryl methyl sites for hydroxylation is 2. The lowest BCUT2D eigenvalue weighted by Crippen LogP contribution is -2.41. The van der Waals surface area contributed by atoms with E-state index in [4.69, 9.17) is 0 Å². The average Bonchev–Trinajstić information content (AvgIpc) is 2.90. The molecule has 0 atom stereocenters. The molecule has 0 fully saturated rings. The van der Waals surface area contributed by atoms with Crippen LogP contribution in [0.25, 0.3) is 11.2 Å². The number of aromatic nitrogens is 4. The van der Waals surface area contributed by atoms with Crippen LogP contribution in [0.1, 0.15) is 45.9 Å². The summed E-state index contributed by atoms with van der Waals surface area (Å²) < 4.78 is 4.50. The van der Waals surface area contributed by atoms with Crippen molar-refractivity contribution in [2.45, 2.75) is 66.3 Å². The average molecular weight is 334 g/mol. The van der Waals surface area contributed by atoms with Crippen molar-refractivity contribution < 1.29 is 5.11 Å². The van der Waals surface area contributed by atoms with Crippen molar-refractivity contribution in [3.8, 4) is 0 Å². The molecule has 0 aromatic carbocycles. The molecule has 0 unspecified atom stereocenters. The van der Waals surface area contributed by atoms with Crippen molar-refractivity contribution in [2.24, 2.45) is 0 Å². The summed E-state index contributed by atoms with van der Waals surface area (Å²) >= 11 is 0. The Hall–Kier alpha value is -2.15. The molecule has 7 nitrogen and oxygen atoms in total. The quantitative estimate of drug-likeness (QED) is 0.744. The summed E-state index contributed by atoms with van der Waals surface area (Å²) in [5.41, 5.74) is 0.757. The molecule has 0 saturated heterocycles. The number of hydrogen-bond acceptors (Lipinski definition) is 4. The van der Waals surface area contributed by atoms with E-state index in [9.17, 15) is 14.7 Å². The van der Waals surface area contributed by atoms with Gasteiger partial charge in [-0.05, 0) is 19.8 Å². The highest BCUT2D eigenvalue weighted by molar-refractivity contribution is 5.71. The fourth-order valence-electron chi connectivity index (χ4n) is 2.85. The molecular formula is C17H26N4O3. The van der Waals surface area contributed by atoms with Gasteiger partial charge in [-0.25, -0.2) is 9.78 Å². The van der Waals surface area contributed by atoms with E-state index in [1.165, 1.54) is 4.57 Å². The molecule has 24 heavy (non-hydrogen) atoms. The number of aliphatic hydroxyl groups is 1. The first-order valence-corrected chi connectivity index (χ1v) is 8.44. The lowest BCUT2D eigenvalue weighted by molar-refractivity contribution is 0.265. The number of allylic oxidation sites excluding steroid dienone is 1. The normalized spacial score (nSPS) is 11.3. The minimum Gasteiger partial charge on any atom is -0.388 e. The van der Waals surface area contributed by atoms with E-state index in [1.807, 2.05) is 13.8 Å². The van der Waals surface area contributed by atoms with Gasteiger partial charge in [0.2, 0.25) is 0 Å². The summed E-state index contributed by atoms with van der Waals surface area (Å²) in [7, 11) is 0. The first kappa shape index (κ1) is 18.2. The Labute approximate surface area is 140 Å². The first-order valence-electron chi connectivity index (χ1n) is 8.44. The van der Waals surface area contributed by atoms with E-state index in [0.29, 0.717) is 30.1 Å². The molecule has 0 bridgehead atoms. The Balaban J connectivity index is 2.88. The molecule has 0 spiro atoms. The van der Waals surface area contributed by atoms with Gasteiger partial charge in [0.05, 0.1) is 6.54 Å². The van der Waals surface area contributed by atoms with Crippen LogP contribution in [0.4, 0.5) is 0 Å². The number of aliphatic hydroxyl groups excluding tert-OH is 1. The zero-order valence-electron chi connectivity index (χ0n) is 14.7. The molecule has 2 rings (SSSR count). The van der Waals surface area contributed by atoms with Gasteiger partial charge in [0, 0.05) is 13.1 Å². The van der Waals surface area contributed by atoms with E-state index >= 15 is 0 Å². The number of nitrogens with zero attached hydrogens (tertiary/aromatic N) is 4. The summed E-state index contributed by atoms with van der Waals surface area (Å²) in [6.07, 6.45) is 2.54. The molecule has 1 N–H and O–H groups in total. The highest BCUT2D eigenvalue weighted by Gasteiger charge is 2.20. The van der Waals surface area contributed by atoms with E-state index < -0.39 is 0 Å². The lowest BCUT2D eigenvalue weighted by atomic mass is 10.3. The van der Waals surface area contributed by atoms with Gasteiger partial charge >= 0.3 is 5.69 Å². The van der Waals surface area contributed by atoms with Crippen LogP contribution in [0.15, 0.2) is 21.7 Å². The minimum atomic E-state index is -0.369. The second kappa shape index (κ2) is 7.61. The summed E-state index contributed by atoms with van der Waals surface area (Å²) in [5.74, 6) is 0.418. The maximum Gasteiger partial charge on any atom is 0.333 e. The molecule has 2 heterocycles. The molecule has 0 saturated carbocycles. The fourth-order valence-corrected chi connectivity index (χ4v) is 2.85. The zero-order chi connectivity index (χ0) is 17.9. The van der Waals surface area contributed by atoms with Crippen LogP contribution in [-0.4, -0.2) is 23.8 Å². The maximum atomic E-state index is 12.9. The fraction of sp³-hybridized carbons (Fsp3) is 0.588. The standard InChI is InChI=1S/C17H26N4O3/c1-5-7-9-20-15-14(19(8-6-2)13(11-22)18-15)16(23)21(17(20)24)10-12(3)4/h22H,3,5-11H2,1-2,4H3. The number of hydrogen-bond donors (Lipinski definition) is 1. The Morgan fingerprint density at radius 1 is 1.12 bits per heavy atom. The Kier molecular flexibility index (Phi) is 5.77. The van der Waals surface area contributed by atoms with Gasteiger partial charge in [-0.3, -0.25) is 13.9 Å². The Bertz CT molecular complexity index is 857. The number of rotatable bonds is 8. The molecule has 0 aliphatic carbocycles. The Morgan fingerprint density at radius 2 is 1.83 bits per heavy atom. The largest absolute Gasteiger partial charge is 0.388 e. The van der Waals surface area contributed by atoms with Crippen molar-refractivity contribution in [3.63, 3.8) is 0 Å². The summed E-state index contributed by atoms with van der Waals surface area (Å²) in [4.78, 5) is 30.1. The van der Waals surface area contributed by atoms with Gasteiger partial charge in [-0.1, -0.05) is 32.4 Å². The van der Waals surface area contributed by atoms with Gasteiger partial charge in [0.25, 0.3) is 5.56 Å². The smallest absolute Gasteiger partial charge is 0.333 e. The predicted molar refractivity (Wildman–Crippen MR) is 94.2 cm³/mol. The monoisotopic (exact) mass is 334 g/mol. The lowest BCUT2D eigenvalue weighted by Gasteiger charge is -2.12. The summed E-state index contributed by atoms with van der Waals surface area (Å²) in [6, 6.07) is 0. The first-order chi connectivity index (χ1) is 11.5. The SMILES string of the molecule is C=C(C)Cn1c(=O)c2c(nc(CO)n2CCC)n(CCCC)c1=O. The molecule has 7 heteroatoms. The second-order valence-electron chi connectivity index (χ2n) is 6.15. The second-order valence-corrected chi connectivity index (χ2v) is 6.15. The number of imidazole rings is 1. The van der Waals surface area contributed by atoms with Gasteiger partial charge in [0.15, 0.2) is 11.2 Å². The molecular weight excluding hydrogens is 308 g/mol. The van der Waals surface area contributed by atoms with Crippen molar-refractivity contribution >= 4 is 11.2 Å². The van der Waals surface area contributed by atoms with Crippen molar-refractivity contribution in [1.29, 1.82) is 0 Å². The minimum absolute atomic E-state index is 0.186. The van der Waals surface area contributed by atoms with Crippen molar-refractivity contribution in [2.75, 3.05) is 0 Å². The van der Waals surface area contributed by atoms with Gasteiger partial charge in [-0.15, -0.1) is 0 Å². The topological polar surface area (TPSA) is 82.1 Å². The molecule has 2 aromatic rings. The van der Waals surface area contributed by atoms with Gasteiger partial charge in [0.1, 0.15) is 12.4 Å². The molecule has 0 aliphatic heterocycles. The third-order valence-corrected chi connectivity index (χ3v) is 3.95. The van der Waals surface area contributed by atoms with Crippen LogP contribution >= 0.6 is 0 Å². The summed E-state index contributed by atoms with van der Waals surface area (Å²) in [5, 5.41) is 9.59. The molecule has 2 aromatic heterocycles. The van der Waals surface area contributed by atoms with Crippen LogP contribution in [0.3, 0.4) is 0 Å². The van der Waals surface area contributed by atoms with Crippen molar-refractivity contribution in [3.05, 3.63) is 38.8 Å². The van der Waals surface area contributed by atoms with Crippen LogP contribution in [-0.2, 0) is 26.2 Å². The van der Waals surface area contributed by atoms with Crippen LogP contribution < -0.4 is 11.2 Å². The highest BCUT2D eigenvalue weighted by atomic mass is 16.3. The van der Waals surface area contributed by atoms with Crippen molar-refractivity contribution in [1.82, 2.24) is 18.7 Å². The Morgan fingerprint density at radius 3 is 2.38 bits per heavy atom. The molecule has 0 amide bonds. The third-order valence-electron chi connectivity index (χ3n) is 3.95. The summed E-state index contributed by atoms with van der Waals surface area (Å²) in [6.45, 7) is 10.6. The van der Waals surface area contributed by atoms with Gasteiger partial charge in [-0.2, -0.15) is 0 Å². The number of unbranched alkanes of at least 4 members (excludes halogenated alkanes) is 1. The van der Waals surface area contributed by atoms with E-state index in [1.54, 1.807) is 16.1 Å². The molecule has 132 valence electrons.